The van der Waals surface area contributed by atoms with Crippen molar-refractivity contribution in [1.29, 1.82) is 0 Å². The van der Waals surface area contributed by atoms with Crippen molar-refractivity contribution < 1.29 is 5.11 Å². The molecule has 0 atom stereocenters. The van der Waals surface area contributed by atoms with Crippen molar-refractivity contribution >= 4 is 29.2 Å². The Hall–Kier alpha value is -1.52. The third kappa shape index (κ3) is 2.18. The minimum atomic E-state index is 0.0434. The smallest absolute Gasteiger partial charge is 0.221 e. The standard InChI is InChI=1S/C10H7Cl2N3O/c11-5-1-2-8(16)6(3-5)7-4-9(12)15-10(13)14-7/h1-4,16H,(H2,13,14,15). The minimum Gasteiger partial charge on any atom is -0.507 e. The molecule has 0 aliphatic carbocycles. The van der Waals surface area contributed by atoms with E-state index in [1.165, 1.54) is 12.1 Å². The number of nitrogen functional groups attached to an aromatic ring is 1. The Labute approximate surface area is 102 Å². The molecule has 0 fully saturated rings. The first-order valence-corrected chi connectivity index (χ1v) is 5.11. The van der Waals surface area contributed by atoms with Gasteiger partial charge in [0, 0.05) is 16.7 Å². The number of halogens is 2. The molecule has 0 amide bonds. The number of nitrogens with zero attached hydrogens (tertiary/aromatic N) is 2. The average Bonchev–Trinajstić information content (AvgIpc) is 2.20. The molecule has 4 nitrogen and oxygen atoms in total. The van der Waals surface area contributed by atoms with E-state index < -0.39 is 0 Å². The SMILES string of the molecule is Nc1nc(Cl)cc(-c2cc(Cl)ccc2O)n1. The maximum absolute atomic E-state index is 9.67. The minimum absolute atomic E-state index is 0.0434. The Kier molecular flexibility index (Phi) is 2.85. The summed E-state index contributed by atoms with van der Waals surface area (Å²) in [6.07, 6.45) is 0. The van der Waals surface area contributed by atoms with Crippen molar-refractivity contribution in [2.45, 2.75) is 0 Å². The molecule has 3 N–H and O–H groups in total. The van der Waals surface area contributed by atoms with E-state index in [1.54, 1.807) is 12.1 Å². The van der Waals surface area contributed by atoms with Gasteiger partial charge in [-0.15, -0.1) is 0 Å². The van der Waals surface area contributed by atoms with Crippen LogP contribution < -0.4 is 5.73 Å². The molecule has 2 aromatic rings. The lowest BCUT2D eigenvalue weighted by molar-refractivity contribution is 0.477. The molecule has 0 saturated carbocycles. The van der Waals surface area contributed by atoms with E-state index in [1.807, 2.05) is 0 Å². The molecule has 1 heterocycles. The summed E-state index contributed by atoms with van der Waals surface area (Å²) in [5.41, 5.74) is 6.35. The van der Waals surface area contributed by atoms with Gasteiger partial charge in [0.15, 0.2) is 0 Å². The molecule has 0 radical (unpaired) electrons. The second kappa shape index (κ2) is 4.15. The van der Waals surface area contributed by atoms with Crippen molar-refractivity contribution in [3.05, 3.63) is 34.4 Å². The normalized spacial score (nSPS) is 10.4. The number of aromatic nitrogens is 2. The van der Waals surface area contributed by atoms with Crippen LogP contribution in [0.15, 0.2) is 24.3 Å². The Morgan fingerprint density at radius 1 is 1.12 bits per heavy atom. The van der Waals surface area contributed by atoms with Crippen LogP contribution in [0.5, 0.6) is 5.75 Å². The van der Waals surface area contributed by atoms with E-state index in [9.17, 15) is 5.11 Å². The topological polar surface area (TPSA) is 72.0 Å². The van der Waals surface area contributed by atoms with Crippen LogP contribution in [0.2, 0.25) is 10.2 Å². The first-order valence-electron chi connectivity index (χ1n) is 4.35. The summed E-state index contributed by atoms with van der Waals surface area (Å²) < 4.78 is 0. The second-order valence-electron chi connectivity index (χ2n) is 3.10. The molecule has 0 aliphatic rings. The van der Waals surface area contributed by atoms with Gasteiger partial charge in [-0.2, -0.15) is 0 Å². The van der Waals surface area contributed by atoms with Crippen LogP contribution in [0.1, 0.15) is 0 Å². The van der Waals surface area contributed by atoms with E-state index >= 15 is 0 Å². The van der Waals surface area contributed by atoms with Gasteiger partial charge < -0.3 is 10.8 Å². The Balaban J connectivity index is 2.62. The number of phenols is 1. The monoisotopic (exact) mass is 255 g/mol. The fraction of sp³-hybridized carbons (Fsp3) is 0. The van der Waals surface area contributed by atoms with E-state index in [0.29, 0.717) is 16.3 Å². The molecule has 0 aliphatic heterocycles. The molecule has 0 unspecified atom stereocenters. The van der Waals surface area contributed by atoms with Crippen LogP contribution >= 0.6 is 23.2 Å². The van der Waals surface area contributed by atoms with Gasteiger partial charge in [-0.3, -0.25) is 0 Å². The first-order chi connectivity index (χ1) is 7.56. The number of rotatable bonds is 1. The summed E-state index contributed by atoms with van der Waals surface area (Å²) in [5, 5.41) is 10.4. The summed E-state index contributed by atoms with van der Waals surface area (Å²) in [6, 6.07) is 6.13. The van der Waals surface area contributed by atoms with Gasteiger partial charge in [0.25, 0.3) is 0 Å². The summed E-state index contributed by atoms with van der Waals surface area (Å²) in [7, 11) is 0. The van der Waals surface area contributed by atoms with Gasteiger partial charge in [-0.1, -0.05) is 23.2 Å². The molecule has 2 rings (SSSR count). The quantitative estimate of drug-likeness (QED) is 0.769. The van der Waals surface area contributed by atoms with Gasteiger partial charge in [-0.05, 0) is 18.2 Å². The number of nitrogens with two attached hydrogens (primary N) is 1. The highest BCUT2D eigenvalue weighted by Crippen LogP contribution is 2.31. The number of aromatic hydroxyl groups is 1. The van der Waals surface area contributed by atoms with Crippen molar-refractivity contribution in [3.8, 4) is 17.0 Å². The molecule has 0 bridgehead atoms. The Morgan fingerprint density at radius 2 is 1.88 bits per heavy atom. The predicted octanol–water partition coefficient (Wildman–Crippen LogP) is 2.74. The summed E-state index contributed by atoms with van der Waals surface area (Å²) >= 11 is 11.6. The van der Waals surface area contributed by atoms with E-state index in [2.05, 4.69) is 9.97 Å². The van der Waals surface area contributed by atoms with E-state index in [0.717, 1.165) is 0 Å². The van der Waals surface area contributed by atoms with Crippen LogP contribution in [0.4, 0.5) is 5.95 Å². The van der Waals surface area contributed by atoms with Crippen LogP contribution in [-0.2, 0) is 0 Å². The average molecular weight is 256 g/mol. The molecular weight excluding hydrogens is 249 g/mol. The Morgan fingerprint density at radius 3 is 2.56 bits per heavy atom. The largest absolute Gasteiger partial charge is 0.507 e. The summed E-state index contributed by atoms with van der Waals surface area (Å²) in [6.45, 7) is 0. The predicted molar refractivity (Wildman–Crippen MR) is 63.6 cm³/mol. The molecule has 0 spiro atoms. The van der Waals surface area contributed by atoms with Crippen molar-refractivity contribution in [2.24, 2.45) is 0 Å². The molecule has 1 aromatic carbocycles. The lowest BCUT2D eigenvalue weighted by Gasteiger charge is -2.05. The zero-order valence-electron chi connectivity index (χ0n) is 7.98. The fourth-order valence-corrected chi connectivity index (χ4v) is 1.65. The van der Waals surface area contributed by atoms with Gasteiger partial charge >= 0.3 is 0 Å². The highest BCUT2D eigenvalue weighted by atomic mass is 35.5. The lowest BCUT2D eigenvalue weighted by Crippen LogP contribution is -1.96. The maximum Gasteiger partial charge on any atom is 0.221 e. The van der Waals surface area contributed by atoms with Crippen LogP contribution in [0.3, 0.4) is 0 Å². The van der Waals surface area contributed by atoms with E-state index in [4.69, 9.17) is 28.9 Å². The van der Waals surface area contributed by atoms with Gasteiger partial charge in [-0.25, -0.2) is 9.97 Å². The van der Waals surface area contributed by atoms with Crippen molar-refractivity contribution in [2.75, 3.05) is 5.73 Å². The number of hydrogen-bond acceptors (Lipinski definition) is 4. The molecule has 6 heteroatoms. The van der Waals surface area contributed by atoms with Crippen molar-refractivity contribution in [1.82, 2.24) is 9.97 Å². The van der Waals surface area contributed by atoms with Crippen LogP contribution in [-0.4, -0.2) is 15.1 Å². The number of hydrogen-bond donors (Lipinski definition) is 2. The summed E-state index contributed by atoms with van der Waals surface area (Å²) in [5.74, 6) is 0.0976. The molecule has 16 heavy (non-hydrogen) atoms. The summed E-state index contributed by atoms with van der Waals surface area (Å²) in [4.78, 5) is 7.70. The zero-order valence-corrected chi connectivity index (χ0v) is 9.50. The third-order valence-electron chi connectivity index (χ3n) is 1.95. The van der Waals surface area contributed by atoms with Crippen LogP contribution in [0.25, 0.3) is 11.3 Å². The molecule has 0 saturated heterocycles. The van der Waals surface area contributed by atoms with Gasteiger partial charge in [0.2, 0.25) is 5.95 Å². The highest BCUT2D eigenvalue weighted by molar-refractivity contribution is 6.31. The maximum atomic E-state index is 9.67. The highest BCUT2D eigenvalue weighted by Gasteiger charge is 2.08. The molecule has 82 valence electrons. The van der Waals surface area contributed by atoms with Crippen molar-refractivity contribution in [3.63, 3.8) is 0 Å². The van der Waals surface area contributed by atoms with Crippen LogP contribution in [0, 0.1) is 0 Å². The fourth-order valence-electron chi connectivity index (χ4n) is 1.29. The van der Waals surface area contributed by atoms with Gasteiger partial charge in [0.05, 0.1) is 5.69 Å². The number of anilines is 1. The van der Waals surface area contributed by atoms with E-state index in [-0.39, 0.29) is 16.9 Å². The Bertz CT molecular complexity index is 525. The first kappa shape index (κ1) is 11.0. The van der Waals surface area contributed by atoms with Gasteiger partial charge in [0.1, 0.15) is 10.9 Å². The second-order valence-corrected chi connectivity index (χ2v) is 3.92. The lowest BCUT2D eigenvalue weighted by atomic mass is 10.1. The number of benzene rings is 1. The third-order valence-corrected chi connectivity index (χ3v) is 2.38. The zero-order chi connectivity index (χ0) is 11.7. The molecular formula is C10H7Cl2N3O. The number of phenolic OH excluding ortho intramolecular Hbond substituents is 1. The molecule has 1 aromatic heterocycles.